The number of hydrogen-bond acceptors (Lipinski definition) is 3. The zero-order chi connectivity index (χ0) is 14.5. The Bertz CT molecular complexity index is 504. The molecule has 5 heteroatoms. The lowest BCUT2D eigenvalue weighted by Gasteiger charge is -2.20. The lowest BCUT2D eigenvalue weighted by atomic mass is 10.1. The number of benzene rings is 1. The van der Waals surface area contributed by atoms with Crippen molar-refractivity contribution in [1.82, 2.24) is 9.80 Å². The number of carbonyl (C=O) groups excluding carboxylic acids is 2. The molecule has 1 saturated heterocycles. The van der Waals surface area contributed by atoms with E-state index in [0.717, 1.165) is 26.1 Å². The van der Waals surface area contributed by atoms with Crippen molar-refractivity contribution in [3.8, 4) is 0 Å². The first kappa shape index (κ1) is 15.0. The first-order valence-corrected chi connectivity index (χ1v) is 7.20. The molecule has 0 saturated carbocycles. The number of amides is 1. The smallest absolute Gasteiger partial charge is 0.219 e. The Labute approximate surface area is 124 Å². The molecular weight excluding hydrogens is 276 g/mol. The summed E-state index contributed by atoms with van der Waals surface area (Å²) in [5.41, 5.74) is 0.644. The Balaban J connectivity index is 1.93. The van der Waals surface area contributed by atoms with E-state index in [-0.39, 0.29) is 11.7 Å². The van der Waals surface area contributed by atoms with Gasteiger partial charge in [0.05, 0.1) is 6.54 Å². The average molecular weight is 295 g/mol. The van der Waals surface area contributed by atoms with Crippen molar-refractivity contribution < 1.29 is 9.59 Å². The SMILES string of the molecule is CC(=O)N1CCCN(CC(=O)c2cccc(Cl)c2)CC1. The third-order valence-corrected chi connectivity index (χ3v) is 3.78. The third kappa shape index (κ3) is 4.05. The molecule has 0 N–H and O–H groups in total. The van der Waals surface area contributed by atoms with Crippen molar-refractivity contribution in [2.45, 2.75) is 13.3 Å². The zero-order valence-electron chi connectivity index (χ0n) is 11.6. The monoisotopic (exact) mass is 294 g/mol. The standard InChI is InChI=1S/C15H19ClN2O2/c1-12(19)18-7-3-6-17(8-9-18)11-15(20)13-4-2-5-14(16)10-13/h2,4-5,10H,3,6-9,11H2,1H3. The highest BCUT2D eigenvalue weighted by Gasteiger charge is 2.18. The molecule has 1 aromatic rings. The minimum atomic E-state index is 0.0729. The van der Waals surface area contributed by atoms with E-state index in [2.05, 4.69) is 4.90 Å². The van der Waals surface area contributed by atoms with Gasteiger partial charge in [0.2, 0.25) is 5.91 Å². The van der Waals surface area contributed by atoms with Crippen molar-refractivity contribution in [2.24, 2.45) is 0 Å². The molecule has 0 atom stereocenters. The second-order valence-electron chi connectivity index (χ2n) is 5.07. The van der Waals surface area contributed by atoms with Crippen LogP contribution in [-0.2, 0) is 4.79 Å². The first-order valence-electron chi connectivity index (χ1n) is 6.83. The molecule has 20 heavy (non-hydrogen) atoms. The van der Waals surface area contributed by atoms with Gasteiger partial charge < -0.3 is 4.90 Å². The second-order valence-corrected chi connectivity index (χ2v) is 5.51. The maximum Gasteiger partial charge on any atom is 0.219 e. The van der Waals surface area contributed by atoms with E-state index in [4.69, 9.17) is 11.6 Å². The molecule has 0 aliphatic carbocycles. The van der Waals surface area contributed by atoms with Gasteiger partial charge in [-0.15, -0.1) is 0 Å². The van der Waals surface area contributed by atoms with E-state index < -0.39 is 0 Å². The highest BCUT2D eigenvalue weighted by Crippen LogP contribution is 2.12. The number of carbonyl (C=O) groups is 2. The molecular formula is C15H19ClN2O2. The molecule has 1 aliphatic heterocycles. The third-order valence-electron chi connectivity index (χ3n) is 3.55. The molecule has 1 amide bonds. The normalized spacial score (nSPS) is 16.8. The molecule has 0 spiro atoms. The second kappa shape index (κ2) is 6.86. The van der Waals surface area contributed by atoms with Crippen molar-refractivity contribution in [2.75, 3.05) is 32.7 Å². The van der Waals surface area contributed by atoms with E-state index >= 15 is 0 Å². The molecule has 0 bridgehead atoms. The van der Waals surface area contributed by atoms with Gasteiger partial charge >= 0.3 is 0 Å². The minimum Gasteiger partial charge on any atom is -0.342 e. The maximum absolute atomic E-state index is 12.2. The van der Waals surface area contributed by atoms with Crippen LogP contribution in [0.3, 0.4) is 0 Å². The van der Waals surface area contributed by atoms with Gasteiger partial charge in [-0.05, 0) is 18.6 Å². The van der Waals surface area contributed by atoms with Crippen LogP contribution in [0.1, 0.15) is 23.7 Å². The van der Waals surface area contributed by atoms with Gasteiger partial charge in [-0.2, -0.15) is 0 Å². The van der Waals surface area contributed by atoms with Crippen LogP contribution in [0.25, 0.3) is 0 Å². The summed E-state index contributed by atoms with van der Waals surface area (Å²) in [6.45, 7) is 5.02. The highest BCUT2D eigenvalue weighted by molar-refractivity contribution is 6.31. The minimum absolute atomic E-state index is 0.0729. The van der Waals surface area contributed by atoms with Crippen LogP contribution in [0.2, 0.25) is 5.02 Å². The summed E-state index contributed by atoms with van der Waals surface area (Å²) in [6, 6.07) is 7.03. The van der Waals surface area contributed by atoms with E-state index in [1.54, 1.807) is 31.2 Å². The fraction of sp³-hybridized carbons (Fsp3) is 0.467. The van der Waals surface area contributed by atoms with Gasteiger partial charge in [-0.1, -0.05) is 23.7 Å². The summed E-state index contributed by atoms with van der Waals surface area (Å²) >= 11 is 5.90. The molecule has 0 aromatic heterocycles. The van der Waals surface area contributed by atoms with Gasteiger partial charge in [0.1, 0.15) is 0 Å². The first-order chi connectivity index (χ1) is 9.56. The molecule has 0 unspecified atom stereocenters. The zero-order valence-corrected chi connectivity index (χ0v) is 12.4. The molecule has 1 aliphatic rings. The number of nitrogens with zero attached hydrogens (tertiary/aromatic N) is 2. The summed E-state index contributed by atoms with van der Waals surface area (Å²) in [4.78, 5) is 27.5. The number of ketones is 1. The predicted octanol–water partition coefficient (Wildman–Crippen LogP) is 2.08. The maximum atomic E-state index is 12.2. The topological polar surface area (TPSA) is 40.6 Å². The van der Waals surface area contributed by atoms with Crippen LogP contribution in [0, 0.1) is 0 Å². The Morgan fingerprint density at radius 1 is 1.20 bits per heavy atom. The Morgan fingerprint density at radius 3 is 2.70 bits per heavy atom. The van der Waals surface area contributed by atoms with E-state index in [0.29, 0.717) is 23.7 Å². The van der Waals surface area contributed by atoms with Crippen LogP contribution in [0.4, 0.5) is 0 Å². The molecule has 4 nitrogen and oxygen atoms in total. The van der Waals surface area contributed by atoms with Gasteiger partial charge in [-0.25, -0.2) is 0 Å². The average Bonchev–Trinajstić information content (AvgIpc) is 2.64. The largest absolute Gasteiger partial charge is 0.342 e. The lowest BCUT2D eigenvalue weighted by Crippen LogP contribution is -2.35. The molecule has 0 radical (unpaired) electrons. The van der Waals surface area contributed by atoms with Crippen molar-refractivity contribution >= 4 is 23.3 Å². The van der Waals surface area contributed by atoms with E-state index in [9.17, 15) is 9.59 Å². The number of Topliss-reactive ketones (excluding diaryl/α,β-unsaturated/α-hetero) is 1. The van der Waals surface area contributed by atoms with Crippen LogP contribution in [0.15, 0.2) is 24.3 Å². The van der Waals surface area contributed by atoms with Crippen LogP contribution in [0.5, 0.6) is 0 Å². The summed E-state index contributed by atoms with van der Waals surface area (Å²) in [7, 11) is 0. The Hall–Kier alpha value is -1.39. The molecule has 2 rings (SSSR count). The predicted molar refractivity (Wildman–Crippen MR) is 79.1 cm³/mol. The number of halogens is 1. The van der Waals surface area contributed by atoms with Gasteiger partial charge in [0, 0.05) is 43.7 Å². The van der Waals surface area contributed by atoms with Crippen LogP contribution >= 0.6 is 11.6 Å². The van der Waals surface area contributed by atoms with Crippen LogP contribution in [-0.4, -0.2) is 54.2 Å². The van der Waals surface area contributed by atoms with E-state index in [1.807, 2.05) is 4.90 Å². The summed E-state index contributed by atoms with van der Waals surface area (Å²) in [5, 5.41) is 0.578. The van der Waals surface area contributed by atoms with Gasteiger partial charge in [0.25, 0.3) is 0 Å². The van der Waals surface area contributed by atoms with E-state index in [1.165, 1.54) is 0 Å². The summed E-state index contributed by atoms with van der Waals surface area (Å²) in [5.74, 6) is 0.178. The van der Waals surface area contributed by atoms with Crippen molar-refractivity contribution in [3.63, 3.8) is 0 Å². The quantitative estimate of drug-likeness (QED) is 0.802. The molecule has 1 aromatic carbocycles. The molecule has 108 valence electrons. The Kier molecular flexibility index (Phi) is 5.15. The van der Waals surface area contributed by atoms with Gasteiger partial charge in [-0.3, -0.25) is 14.5 Å². The fourth-order valence-electron chi connectivity index (χ4n) is 2.40. The highest BCUT2D eigenvalue weighted by atomic mass is 35.5. The summed E-state index contributed by atoms with van der Waals surface area (Å²) in [6.07, 6.45) is 0.905. The number of rotatable bonds is 3. The van der Waals surface area contributed by atoms with Crippen molar-refractivity contribution in [3.05, 3.63) is 34.9 Å². The van der Waals surface area contributed by atoms with Crippen LogP contribution < -0.4 is 0 Å². The molecule has 1 fully saturated rings. The fourth-order valence-corrected chi connectivity index (χ4v) is 2.59. The van der Waals surface area contributed by atoms with Gasteiger partial charge in [0.15, 0.2) is 5.78 Å². The lowest BCUT2D eigenvalue weighted by molar-refractivity contribution is -0.128. The summed E-state index contributed by atoms with van der Waals surface area (Å²) < 4.78 is 0. The number of hydrogen-bond donors (Lipinski definition) is 0. The molecule has 1 heterocycles. The van der Waals surface area contributed by atoms with Crippen molar-refractivity contribution in [1.29, 1.82) is 0 Å². The Morgan fingerprint density at radius 2 is 2.00 bits per heavy atom.